The Labute approximate surface area is 256 Å². The maximum atomic E-state index is 14.1. The van der Waals surface area contributed by atoms with Crippen LogP contribution >= 0.6 is 0 Å². The summed E-state index contributed by atoms with van der Waals surface area (Å²) >= 11 is 0. The van der Waals surface area contributed by atoms with Gasteiger partial charge in [0.05, 0.1) is 13.2 Å². The molecule has 1 amide bonds. The summed E-state index contributed by atoms with van der Waals surface area (Å²) in [6.07, 6.45) is -10.9. The summed E-state index contributed by atoms with van der Waals surface area (Å²) in [6.45, 7) is 4.63. The summed E-state index contributed by atoms with van der Waals surface area (Å²) in [4.78, 5) is 14.9. The predicted octanol–water partition coefficient (Wildman–Crippen LogP) is 5.95. The Morgan fingerprint density at radius 2 is 1.71 bits per heavy atom. The molecule has 3 aliphatic heterocycles. The van der Waals surface area contributed by atoms with Crippen molar-refractivity contribution in [1.29, 1.82) is 0 Å². The molecule has 3 aliphatic rings. The third kappa shape index (κ3) is 5.38. The molecule has 248 valence electrons. The number of aliphatic hydroxyl groups is 1. The molecule has 2 aromatic carbocycles. The molecule has 5 rings (SSSR count). The molecule has 0 saturated carbocycles. The number of nitrogens with zero attached hydrogens (tertiary/aromatic N) is 1. The van der Waals surface area contributed by atoms with Crippen LogP contribution in [0.1, 0.15) is 74.3 Å². The lowest BCUT2D eigenvalue weighted by molar-refractivity contribution is -0.385. The molecular formula is C31H36F6N2O6. The van der Waals surface area contributed by atoms with Gasteiger partial charge < -0.3 is 29.0 Å². The van der Waals surface area contributed by atoms with Crippen molar-refractivity contribution in [2.75, 3.05) is 19.9 Å². The van der Waals surface area contributed by atoms with Gasteiger partial charge in [0, 0.05) is 17.7 Å². The number of fused-ring (bicyclic) bond motifs is 2. The standard InChI is InChI=1S/C31H36F6N2O6/c1-4-8-18-14-22-21(16-45-29(22,30(32,33)34)31(35,36)37)20(9-5-2)25(18)42-13-7-12-39-26(40)28(6-3,38-27(39)41)19-10-11-23-24(15-19)44-17-43-23/h10-11,14-15,27,38,41H,4-9,12-13,16-17H2,1-3H3. The van der Waals surface area contributed by atoms with Crippen LogP contribution in [0, 0.1) is 0 Å². The summed E-state index contributed by atoms with van der Waals surface area (Å²) in [5.74, 6) is 0.927. The van der Waals surface area contributed by atoms with Crippen LogP contribution < -0.4 is 19.5 Å². The van der Waals surface area contributed by atoms with Crippen LogP contribution in [0.5, 0.6) is 17.2 Å². The normalized spacial score (nSPS) is 22.3. The number of aryl methyl sites for hydroxylation is 1. The zero-order chi connectivity index (χ0) is 32.8. The molecule has 14 heteroatoms. The van der Waals surface area contributed by atoms with Gasteiger partial charge in [-0.05, 0) is 60.6 Å². The number of alkyl halides is 6. The number of halogens is 6. The molecule has 0 bridgehead atoms. The third-order valence-electron chi connectivity index (χ3n) is 8.69. The largest absolute Gasteiger partial charge is 0.493 e. The summed E-state index contributed by atoms with van der Waals surface area (Å²) in [6, 6.07) is 6.06. The molecule has 0 aliphatic carbocycles. The smallest absolute Gasteiger partial charge is 0.430 e. The minimum Gasteiger partial charge on any atom is -0.493 e. The third-order valence-corrected chi connectivity index (χ3v) is 8.69. The fraction of sp³-hybridized carbons (Fsp3) is 0.581. The lowest BCUT2D eigenvalue weighted by atomic mass is 9.84. The van der Waals surface area contributed by atoms with Gasteiger partial charge >= 0.3 is 12.4 Å². The maximum absolute atomic E-state index is 14.1. The summed E-state index contributed by atoms with van der Waals surface area (Å²) < 4.78 is 106. The van der Waals surface area contributed by atoms with Crippen molar-refractivity contribution in [3.05, 3.63) is 52.1 Å². The Balaban J connectivity index is 1.37. The number of carbonyl (C=O) groups is 1. The van der Waals surface area contributed by atoms with Crippen molar-refractivity contribution in [2.45, 2.75) is 95.7 Å². The van der Waals surface area contributed by atoms with E-state index in [9.17, 15) is 36.2 Å². The minimum absolute atomic E-state index is 0.00357. The maximum Gasteiger partial charge on any atom is 0.430 e. The number of carbonyl (C=O) groups excluding carboxylic acids is 1. The molecule has 3 heterocycles. The van der Waals surface area contributed by atoms with Gasteiger partial charge in [-0.3, -0.25) is 10.1 Å². The highest BCUT2D eigenvalue weighted by molar-refractivity contribution is 5.90. The highest BCUT2D eigenvalue weighted by Gasteiger charge is 2.76. The van der Waals surface area contributed by atoms with Gasteiger partial charge in [0.15, 0.2) is 17.9 Å². The number of hydrogen-bond acceptors (Lipinski definition) is 7. The number of benzene rings is 2. The van der Waals surface area contributed by atoms with E-state index in [0.717, 1.165) is 6.07 Å². The number of aliphatic hydroxyl groups excluding tert-OH is 1. The van der Waals surface area contributed by atoms with Crippen LogP contribution in [0.15, 0.2) is 24.3 Å². The quantitative estimate of drug-likeness (QED) is 0.230. The van der Waals surface area contributed by atoms with Crippen molar-refractivity contribution in [3.63, 3.8) is 0 Å². The molecule has 2 aromatic rings. The van der Waals surface area contributed by atoms with Crippen LogP contribution in [-0.4, -0.2) is 54.6 Å². The molecule has 2 unspecified atom stereocenters. The van der Waals surface area contributed by atoms with E-state index in [1.54, 1.807) is 32.0 Å². The molecule has 0 spiro atoms. The van der Waals surface area contributed by atoms with Crippen LogP contribution in [0.25, 0.3) is 0 Å². The second kappa shape index (κ2) is 12.2. The molecule has 0 aromatic heterocycles. The van der Waals surface area contributed by atoms with Crippen LogP contribution in [-0.2, 0) is 40.1 Å². The highest BCUT2D eigenvalue weighted by Crippen LogP contribution is 2.58. The van der Waals surface area contributed by atoms with Crippen molar-refractivity contribution < 1.29 is 55.2 Å². The van der Waals surface area contributed by atoms with Crippen LogP contribution in [0.3, 0.4) is 0 Å². The first kappa shape index (κ1) is 33.1. The second-order valence-corrected chi connectivity index (χ2v) is 11.4. The lowest BCUT2D eigenvalue weighted by Gasteiger charge is -2.34. The van der Waals surface area contributed by atoms with Gasteiger partial charge in [-0.25, -0.2) is 0 Å². The molecule has 2 N–H and O–H groups in total. The Morgan fingerprint density at radius 1 is 1.02 bits per heavy atom. The van der Waals surface area contributed by atoms with E-state index in [4.69, 9.17) is 14.2 Å². The van der Waals surface area contributed by atoms with E-state index < -0.39 is 42.0 Å². The van der Waals surface area contributed by atoms with E-state index in [2.05, 4.69) is 10.1 Å². The van der Waals surface area contributed by atoms with Gasteiger partial charge in [-0.15, -0.1) is 0 Å². The Morgan fingerprint density at radius 3 is 2.36 bits per heavy atom. The molecular weight excluding hydrogens is 610 g/mol. The SMILES string of the molecule is CCCc1cc2c(c(CCC)c1OCCCN1C(=O)C(CC)(c3ccc4c(c3)OCO4)NC1O)COC2(C(F)(F)F)C(F)(F)F. The average molecular weight is 647 g/mol. The van der Waals surface area contributed by atoms with Crippen LogP contribution in [0.4, 0.5) is 26.3 Å². The first-order valence-corrected chi connectivity index (χ1v) is 15.0. The number of hydrogen-bond donors (Lipinski definition) is 2. The Bertz CT molecular complexity index is 1420. The van der Waals surface area contributed by atoms with E-state index in [1.807, 2.05) is 6.92 Å². The van der Waals surface area contributed by atoms with Gasteiger partial charge in [-0.2, -0.15) is 26.3 Å². The van der Waals surface area contributed by atoms with Crippen LogP contribution in [0.2, 0.25) is 0 Å². The second-order valence-electron chi connectivity index (χ2n) is 11.4. The first-order chi connectivity index (χ1) is 21.3. The monoisotopic (exact) mass is 646 g/mol. The Kier molecular flexibility index (Phi) is 8.97. The zero-order valence-corrected chi connectivity index (χ0v) is 25.2. The van der Waals surface area contributed by atoms with E-state index in [-0.39, 0.29) is 67.6 Å². The van der Waals surface area contributed by atoms with E-state index in [0.29, 0.717) is 36.3 Å². The minimum atomic E-state index is -5.72. The van der Waals surface area contributed by atoms with Crippen molar-refractivity contribution in [3.8, 4) is 17.2 Å². The van der Waals surface area contributed by atoms with E-state index >= 15 is 0 Å². The van der Waals surface area contributed by atoms with Crippen molar-refractivity contribution >= 4 is 5.91 Å². The molecule has 0 radical (unpaired) electrons. The van der Waals surface area contributed by atoms with Gasteiger partial charge in [-0.1, -0.05) is 39.7 Å². The number of ether oxygens (including phenoxy) is 4. The fourth-order valence-electron chi connectivity index (χ4n) is 6.51. The number of amides is 1. The van der Waals surface area contributed by atoms with Gasteiger partial charge in [0.2, 0.25) is 6.79 Å². The lowest BCUT2D eigenvalue weighted by Crippen LogP contribution is -2.53. The van der Waals surface area contributed by atoms with Gasteiger partial charge in [0.1, 0.15) is 11.3 Å². The molecule has 2 atom stereocenters. The number of nitrogens with one attached hydrogen (secondary N) is 1. The summed E-state index contributed by atoms with van der Waals surface area (Å²) in [7, 11) is 0. The van der Waals surface area contributed by atoms with Gasteiger partial charge in [0.25, 0.3) is 11.5 Å². The first-order valence-electron chi connectivity index (χ1n) is 15.0. The topological polar surface area (TPSA) is 89.5 Å². The average Bonchev–Trinajstić information content (AvgIpc) is 3.67. The van der Waals surface area contributed by atoms with Crippen molar-refractivity contribution in [2.24, 2.45) is 0 Å². The zero-order valence-electron chi connectivity index (χ0n) is 25.2. The molecule has 1 fully saturated rings. The summed E-state index contributed by atoms with van der Waals surface area (Å²) in [5, 5.41) is 13.8. The van der Waals surface area contributed by atoms with E-state index in [1.165, 1.54) is 4.90 Å². The fourth-order valence-corrected chi connectivity index (χ4v) is 6.51. The highest BCUT2D eigenvalue weighted by atomic mass is 19.4. The van der Waals surface area contributed by atoms with Crippen molar-refractivity contribution in [1.82, 2.24) is 10.2 Å². The molecule has 8 nitrogen and oxygen atoms in total. The molecule has 45 heavy (non-hydrogen) atoms. The summed E-state index contributed by atoms with van der Waals surface area (Å²) in [5.41, 5.74) is -5.63. The molecule has 1 saturated heterocycles. The predicted molar refractivity (Wildman–Crippen MR) is 149 cm³/mol. The Hall–Kier alpha value is -3.23. The number of rotatable bonds is 11.